The summed E-state index contributed by atoms with van der Waals surface area (Å²) in [5, 5.41) is 8.80. The zero-order chi connectivity index (χ0) is 16.9. The molecule has 1 aliphatic rings. The molecule has 1 aromatic rings. The van der Waals surface area contributed by atoms with Crippen molar-refractivity contribution in [2.24, 2.45) is 0 Å². The molecule has 1 heterocycles. The van der Waals surface area contributed by atoms with Crippen molar-refractivity contribution in [3.63, 3.8) is 0 Å². The fourth-order valence-electron chi connectivity index (χ4n) is 2.12. The van der Waals surface area contributed by atoms with Crippen LogP contribution in [0.4, 0.5) is 23.7 Å². The smallest absolute Gasteiger partial charge is 0.316 e. The Morgan fingerprint density at radius 3 is 2.32 bits per heavy atom. The van der Waals surface area contributed by atoms with E-state index in [2.05, 4.69) is 0 Å². The third-order valence-electron chi connectivity index (χ3n) is 3.73. The number of alkyl halides is 3. The van der Waals surface area contributed by atoms with Gasteiger partial charge in [0, 0.05) is 7.05 Å². The molecule has 0 N–H and O–H groups in total. The molecule has 116 valence electrons. The van der Waals surface area contributed by atoms with E-state index >= 15 is 0 Å². The second-order valence-corrected chi connectivity index (χ2v) is 5.77. The molecule has 8 heteroatoms. The van der Waals surface area contributed by atoms with Crippen LogP contribution in [-0.4, -0.2) is 28.5 Å². The van der Waals surface area contributed by atoms with Gasteiger partial charge in [-0.2, -0.15) is 18.4 Å². The maximum Gasteiger partial charge on any atom is 0.417 e. The van der Waals surface area contributed by atoms with Crippen molar-refractivity contribution in [3.05, 3.63) is 29.3 Å². The van der Waals surface area contributed by atoms with Crippen molar-refractivity contribution in [2.75, 3.05) is 11.9 Å². The lowest BCUT2D eigenvalue weighted by atomic mass is 10.0. The fourth-order valence-corrected chi connectivity index (χ4v) is 2.44. The first kappa shape index (κ1) is 16.2. The van der Waals surface area contributed by atoms with Crippen LogP contribution in [0.15, 0.2) is 18.2 Å². The van der Waals surface area contributed by atoms with Crippen molar-refractivity contribution >= 4 is 28.9 Å². The summed E-state index contributed by atoms with van der Waals surface area (Å²) in [6.07, 6.45) is -4.69. The minimum absolute atomic E-state index is 0.00116. The largest absolute Gasteiger partial charge is 0.417 e. The van der Waals surface area contributed by atoms with E-state index in [0.29, 0.717) is 0 Å². The molecule has 0 atom stereocenters. The Kier molecular flexibility index (Phi) is 3.65. The topological polar surface area (TPSA) is 47.3 Å². The molecule has 1 fully saturated rings. The molecule has 0 bridgehead atoms. The quantitative estimate of drug-likeness (QED) is 0.741. The van der Waals surface area contributed by atoms with E-state index in [1.54, 1.807) is 13.8 Å². The molecule has 2 amide bonds. The van der Waals surface area contributed by atoms with Gasteiger partial charge in [0.1, 0.15) is 4.99 Å². The number of thiocarbonyl (C=S) groups is 1. The summed E-state index contributed by atoms with van der Waals surface area (Å²) in [5.41, 5.74) is -2.37. The van der Waals surface area contributed by atoms with Crippen molar-refractivity contribution in [3.8, 4) is 6.07 Å². The van der Waals surface area contributed by atoms with E-state index in [0.717, 1.165) is 17.0 Å². The molecule has 2 rings (SSSR count). The molecule has 1 aliphatic heterocycles. The summed E-state index contributed by atoms with van der Waals surface area (Å²) in [6.45, 7) is 3.42. The monoisotopic (exact) mass is 327 g/mol. The molecule has 0 saturated carbocycles. The zero-order valence-electron chi connectivity index (χ0n) is 12.0. The standard InChI is InChI=1S/C14H12F3N3OS/c1-13(2)11(22)20(12(21)19(13)3)9-5-4-8(7-18)10(6-9)14(15,16)17/h4-6H,1-3H3. The van der Waals surface area contributed by atoms with Gasteiger partial charge < -0.3 is 4.90 Å². The van der Waals surface area contributed by atoms with Crippen molar-refractivity contribution in [1.29, 1.82) is 5.26 Å². The molecule has 1 saturated heterocycles. The SMILES string of the molecule is CN1C(=O)N(c2ccc(C#N)c(C(F)(F)F)c2)C(=S)C1(C)C. The van der Waals surface area contributed by atoms with Crippen LogP contribution < -0.4 is 4.90 Å². The summed E-state index contributed by atoms with van der Waals surface area (Å²) in [4.78, 5) is 14.9. The molecule has 4 nitrogen and oxygen atoms in total. The van der Waals surface area contributed by atoms with Crippen molar-refractivity contribution in [1.82, 2.24) is 4.90 Å². The van der Waals surface area contributed by atoms with Gasteiger partial charge in [0.05, 0.1) is 28.4 Å². The van der Waals surface area contributed by atoms with Crippen LogP contribution in [0.1, 0.15) is 25.0 Å². The van der Waals surface area contributed by atoms with E-state index in [9.17, 15) is 18.0 Å². The number of hydrogen-bond acceptors (Lipinski definition) is 3. The normalized spacial score (nSPS) is 17.9. The summed E-state index contributed by atoms with van der Waals surface area (Å²) in [6, 6.07) is 4.10. The second-order valence-electron chi connectivity index (χ2n) is 5.38. The minimum Gasteiger partial charge on any atom is -0.316 e. The van der Waals surface area contributed by atoms with E-state index < -0.39 is 28.9 Å². The first-order valence-electron chi connectivity index (χ1n) is 6.25. The number of hydrogen-bond donors (Lipinski definition) is 0. The number of benzene rings is 1. The lowest BCUT2D eigenvalue weighted by Crippen LogP contribution is -2.40. The molecular weight excluding hydrogens is 315 g/mol. The average Bonchev–Trinajstić information content (AvgIpc) is 2.58. The minimum atomic E-state index is -4.69. The number of amides is 2. The van der Waals surface area contributed by atoms with E-state index in [1.807, 2.05) is 0 Å². The molecule has 0 aliphatic carbocycles. The second kappa shape index (κ2) is 4.95. The maximum absolute atomic E-state index is 13.0. The number of nitriles is 1. The number of anilines is 1. The lowest BCUT2D eigenvalue weighted by molar-refractivity contribution is -0.137. The van der Waals surface area contributed by atoms with Crippen LogP contribution >= 0.6 is 12.2 Å². The van der Waals surface area contributed by atoms with Crippen LogP contribution in [0.5, 0.6) is 0 Å². The molecule has 0 aromatic heterocycles. The van der Waals surface area contributed by atoms with Gasteiger partial charge in [-0.1, -0.05) is 12.2 Å². The van der Waals surface area contributed by atoms with Gasteiger partial charge in [0.25, 0.3) is 0 Å². The van der Waals surface area contributed by atoms with Crippen molar-refractivity contribution in [2.45, 2.75) is 25.6 Å². The van der Waals surface area contributed by atoms with Crippen LogP contribution in [0.2, 0.25) is 0 Å². The van der Waals surface area contributed by atoms with Gasteiger partial charge in [-0.05, 0) is 32.0 Å². The molecule has 22 heavy (non-hydrogen) atoms. The number of rotatable bonds is 1. The van der Waals surface area contributed by atoms with Gasteiger partial charge >= 0.3 is 12.2 Å². The number of urea groups is 1. The van der Waals surface area contributed by atoms with E-state index in [4.69, 9.17) is 17.5 Å². The number of likely N-dealkylation sites (N-methyl/N-ethyl adjacent to an activating group) is 1. The van der Waals surface area contributed by atoms with Gasteiger partial charge in [0.2, 0.25) is 0 Å². The third-order valence-corrected chi connectivity index (χ3v) is 4.41. The van der Waals surface area contributed by atoms with Gasteiger partial charge in [-0.25, -0.2) is 4.79 Å². The number of halogens is 3. The highest BCUT2D eigenvalue weighted by Gasteiger charge is 2.47. The van der Waals surface area contributed by atoms with Crippen LogP contribution in [0.3, 0.4) is 0 Å². The van der Waals surface area contributed by atoms with Crippen LogP contribution in [0.25, 0.3) is 0 Å². The number of carbonyl (C=O) groups excluding carboxylic acids is 1. The van der Waals surface area contributed by atoms with Crippen LogP contribution in [-0.2, 0) is 6.18 Å². The Morgan fingerprint density at radius 1 is 1.32 bits per heavy atom. The molecular formula is C14H12F3N3OS. The van der Waals surface area contributed by atoms with Gasteiger partial charge in [0.15, 0.2) is 0 Å². The first-order valence-corrected chi connectivity index (χ1v) is 6.66. The van der Waals surface area contributed by atoms with E-state index in [-0.39, 0.29) is 10.7 Å². The number of carbonyl (C=O) groups is 1. The summed E-state index contributed by atoms with van der Waals surface area (Å²) in [7, 11) is 1.53. The Balaban J connectivity index is 2.58. The molecule has 1 aromatic carbocycles. The molecule has 0 unspecified atom stereocenters. The summed E-state index contributed by atoms with van der Waals surface area (Å²) in [5.74, 6) is 0. The first-order chi connectivity index (χ1) is 10.0. The highest BCUT2D eigenvalue weighted by atomic mass is 32.1. The van der Waals surface area contributed by atoms with Crippen LogP contribution in [0, 0.1) is 11.3 Å². The van der Waals surface area contributed by atoms with Gasteiger partial charge in [-0.3, -0.25) is 4.90 Å². The van der Waals surface area contributed by atoms with Crippen molar-refractivity contribution < 1.29 is 18.0 Å². The fraction of sp³-hybridized carbons (Fsp3) is 0.357. The predicted octanol–water partition coefficient (Wildman–Crippen LogP) is 3.55. The Hall–Kier alpha value is -2.14. The predicted molar refractivity (Wildman–Crippen MR) is 78.5 cm³/mol. The average molecular weight is 327 g/mol. The zero-order valence-corrected chi connectivity index (χ0v) is 12.8. The molecule has 0 radical (unpaired) electrons. The third kappa shape index (κ3) is 2.31. The number of nitrogens with zero attached hydrogens (tertiary/aromatic N) is 3. The Bertz CT molecular complexity index is 706. The highest BCUT2D eigenvalue weighted by molar-refractivity contribution is 7.81. The van der Waals surface area contributed by atoms with E-state index in [1.165, 1.54) is 24.1 Å². The summed E-state index contributed by atoms with van der Waals surface area (Å²) >= 11 is 5.23. The molecule has 0 spiro atoms. The highest BCUT2D eigenvalue weighted by Crippen LogP contribution is 2.37. The van der Waals surface area contributed by atoms with Gasteiger partial charge in [-0.15, -0.1) is 0 Å². The maximum atomic E-state index is 13.0. The Labute approximate surface area is 130 Å². The summed E-state index contributed by atoms with van der Waals surface area (Å²) < 4.78 is 39.1. The Morgan fingerprint density at radius 2 is 1.91 bits per heavy atom. The lowest BCUT2D eigenvalue weighted by Gasteiger charge is -2.24.